The van der Waals surface area contributed by atoms with E-state index in [0.717, 1.165) is 37.2 Å². The average Bonchev–Trinajstić information content (AvgIpc) is 2.63. The fourth-order valence-electron chi connectivity index (χ4n) is 3.96. The van der Waals surface area contributed by atoms with Gasteiger partial charge in [-0.1, -0.05) is 25.3 Å². The lowest BCUT2D eigenvalue weighted by Crippen LogP contribution is -2.50. The van der Waals surface area contributed by atoms with Gasteiger partial charge in [0.25, 0.3) is 0 Å². The fourth-order valence-corrected chi connectivity index (χ4v) is 3.96. The molecule has 4 heteroatoms. The van der Waals surface area contributed by atoms with E-state index in [4.69, 9.17) is 9.47 Å². The van der Waals surface area contributed by atoms with Crippen LogP contribution in [0.5, 0.6) is 11.5 Å². The zero-order chi connectivity index (χ0) is 16.1. The summed E-state index contributed by atoms with van der Waals surface area (Å²) in [5, 5.41) is 0. The highest BCUT2D eigenvalue weighted by Crippen LogP contribution is 2.27. The Morgan fingerprint density at radius 3 is 2.35 bits per heavy atom. The van der Waals surface area contributed by atoms with Gasteiger partial charge in [-0.3, -0.25) is 9.80 Å². The second-order valence-corrected chi connectivity index (χ2v) is 6.78. The second-order valence-electron chi connectivity index (χ2n) is 6.78. The molecular weight excluding hydrogens is 288 g/mol. The quantitative estimate of drug-likeness (QED) is 0.832. The molecule has 0 amide bonds. The number of nitrogens with zero attached hydrogens (tertiary/aromatic N) is 2. The van der Waals surface area contributed by atoms with Crippen LogP contribution in [-0.4, -0.2) is 56.2 Å². The molecule has 0 bridgehead atoms. The van der Waals surface area contributed by atoms with Crippen LogP contribution in [0.4, 0.5) is 0 Å². The van der Waals surface area contributed by atoms with Crippen LogP contribution in [0.2, 0.25) is 0 Å². The molecule has 1 aromatic rings. The normalized spacial score (nSPS) is 21.3. The molecule has 1 aromatic carbocycles. The standard InChI is InChI=1S/C19H30N2O2/c1-22-18-9-8-16(19(14-18)23-2)15-20-10-12-21(13-11-20)17-6-4-3-5-7-17/h8-9,14,17H,3-7,10-13,15H2,1-2H3. The van der Waals surface area contributed by atoms with Crippen molar-refractivity contribution in [3.63, 3.8) is 0 Å². The van der Waals surface area contributed by atoms with Gasteiger partial charge in [0, 0.05) is 50.4 Å². The molecule has 1 saturated carbocycles. The average molecular weight is 318 g/mol. The van der Waals surface area contributed by atoms with E-state index in [0.29, 0.717) is 0 Å². The number of benzene rings is 1. The van der Waals surface area contributed by atoms with Gasteiger partial charge in [-0.2, -0.15) is 0 Å². The fraction of sp³-hybridized carbons (Fsp3) is 0.684. The molecule has 1 heterocycles. The maximum atomic E-state index is 5.53. The number of piperazine rings is 1. The van der Waals surface area contributed by atoms with Crippen LogP contribution in [0, 0.1) is 0 Å². The molecule has 2 fully saturated rings. The molecular formula is C19H30N2O2. The summed E-state index contributed by atoms with van der Waals surface area (Å²) < 4.78 is 10.8. The molecule has 3 rings (SSSR count). The van der Waals surface area contributed by atoms with Gasteiger partial charge in [-0.05, 0) is 18.9 Å². The van der Waals surface area contributed by atoms with E-state index in [-0.39, 0.29) is 0 Å². The van der Waals surface area contributed by atoms with Crippen LogP contribution >= 0.6 is 0 Å². The van der Waals surface area contributed by atoms with Gasteiger partial charge in [0.2, 0.25) is 0 Å². The highest BCUT2D eigenvalue weighted by atomic mass is 16.5. The van der Waals surface area contributed by atoms with E-state index in [9.17, 15) is 0 Å². The first-order chi connectivity index (χ1) is 11.3. The van der Waals surface area contributed by atoms with Crippen molar-refractivity contribution in [3.05, 3.63) is 23.8 Å². The molecule has 1 saturated heterocycles. The summed E-state index contributed by atoms with van der Waals surface area (Å²) in [6, 6.07) is 6.98. The monoisotopic (exact) mass is 318 g/mol. The van der Waals surface area contributed by atoms with Crippen molar-refractivity contribution in [1.82, 2.24) is 9.80 Å². The Balaban J connectivity index is 1.54. The first-order valence-corrected chi connectivity index (χ1v) is 8.97. The van der Waals surface area contributed by atoms with Gasteiger partial charge in [0.1, 0.15) is 11.5 Å². The van der Waals surface area contributed by atoms with Gasteiger partial charge in [-0.15, -0.1) is 0 Å². The van der Waals surface area contributed by atoms with Crippen molar-refractivity contribution in [1.29, 1.82) is 0 Å². The molecule has 1 aliphatic carbocycles. The van der Waals surface area contributed by atoms with Crippen LogP contribution < -0.4 is 9.47 Å². The van der Waals surface area contributed by atoms with Crippen molar-refractivity contribution in [2.45, 2.75) is 44.7 Å². The summed E-state index contributed by atoms with van der Waals surface area (Å²) in [5.74, 6) is 1.78. The zero-order valence-corrected chi connectivity index (χ0v) is 14.6. The lowest BCUT2D eigenvalue weighted by Gasteiger charge is -2.40. The van der Waals surface area contributed by atoms with E-state index in [1.807, 2.05) is 12.1 Å². The van der Waals surface area contributed by atoms with Crippen molar-refractivity contribution in [3.8, 4) is 11.5 Å². The lowest BCUT2D eigenvalue weighted by atomic mass is 9.94. The van der Waals surface area contributed by atoms with Crippen LogP contribution in [0.25, 0.3) is 0 Å². The van der Waals surface area contributed by atoms with Gasteiger partial charge in [-0.25, -0.2) is 0 Å². The van der Waals surface area contributed by atoms with E-state index in [2.05, 4.69) is 15.9 Å². The zero-order valence-electron chi connectivity index (χ0n) is 14.6. The van der Waals surface area contributed by atoms with Gasteiger partial charge < -0.3 is 9.47 Å². The third kappa shape index (κ3) is 4.18. The van der Waals surface area contributed by atoms with Crippen LogP contribution in [0.3, 0.4) is 0 Å². The lowest BCUT2D eigenvalue weighted by molar-refractivity contribution is 0.0751. The summed E-state index contributed by atoms with van der Waals surface area (Å²) in [6.45, 7) is 5.70. The molecule has 2 aliphatic rings. The topological polar surface area (TPSA) is 24.9 Å². The van der Waals surface area contributed by atoms with Crippen molar-refractivity contribution >= 4 is 0 Å². The Hall–Kier alpha value is -1.26. The third-order valence-corrected chi connectivity index (χ3v) is 5.39. The SMILES string of the molecule is COc1ccc(CN2CCN(C3CCCCC3)CC2)c(OC)c1. The smallest absolute Gasteiger partial charge is 0.127 e. The molecule has 128 valence electrons. The predicted molar refractivity (Wildman–Crippen MR) is 93.3 cm³/mol. The maximum Gasteiger partial charge on any atom is 0.127 e. The van der Waals surface area contributed by atoms with E-state index < -0.39 is 0 Å². The minimum Gasteiger partial charge on any atom is -0.497 e. The molecule has 0 aromatic heterocycles. The molecule has 23 heavy (non-hydrogen) atoms. The van der Waals surface area contributed by atoms with Crippen molar-refractivity contribution in [2.75, 3.05) is 40.4 Å². The molecule has 0 N–H and O–H groups in total. The van der Waals surface area contributed by atoms with Crippen LogP contribution in [-0.2, 0) is 6.54 Å². The Bertz CT molecular complexity index is 492. The number of methoxy groups -OCH3 is 2. The highest BCUT2D eigenvalue weighted by molar-refractivity contribution is 5.40. The molecule has 0 radical (unpaired) electrons. The van der Waals surface area contributed by atoms with E-state index in [1.165, 1.54) is 50.8 Å². The summed E-state index contributed by atoms with van der Waals surface area (Å²) in [6.07, 6.45) is 7.11. The minimum atomic E-state index is 0.849. The molecule has 0 atom stereocenters. The van der Waals surface area contributed by atoms with E-state index in [1.54, 1.807) is 14.2 Å². The molecule has 0 unspecified atom stereocenters. The number of rotatable bonds is 5. The largest absolute Gasteiger partial charge is 0.497 e. The summed E-state index contributed by atoms with van der Waals surface area (Å²) in [5.41, 5.74) is 1.25. The summed E-state index contributed by atoms with van der Waals surface area (Å²) in [7, 11) is 3.43. The molecule has 1 aliphatic heterocycles. The Labute approximate surface area is 140 Å². The second kappa shape index (κ2) is 8.02. The van der Waals surface area contributed by atoms with Gasteiger partial charge >= 0.3 is 0 Å². The minimum absolute atomic E-state index is 0.849. The first-order valence-electron chi connectivity index (χ1n) is 8.97. The number of hydrogen-bond acceptors (Lipinski definition) is 4. The number of hydrogen-bond donors (Lipinski definition) is 0. The highest BCUT2D eigenvalue weighted by Gasteiger charge is 2.25. The van der Waals surface area contributed by atoms with E-state index >= 15 is 0 Å². The Kier molecular flexibility index (Phi) is 5.79. The third-order valence-electron chi connectivity index (χ3n) is 5.39. The Morgan fingerprint density at radius 1 is 0.957 bits per heavy atom. The summed E-state index contributed by atoms with van der Waals surface area (Å²) in [4.78, 5) is 5.27. The Morgan fingerprint density at radius 2 is 1.70 bits per heavy atom. The van der Waals surface area contributed by atoms with Crippen molar-refractivity contribution < 1.29 is 9.47 Å². The van der Waals surface area contributed by atoms with Gasteiger partial charge in [0.05, 0.1) is 14.2 Å². The number of ether oxygens (including phenoxy) is 2. The van der Waals surface area contributed by atoms with Gasteiger partial charge in [0.15, 0.2) is 0 Å². The summed E-state index contributed by atoms with van der Waals surface area (Å²) >= 11 is 0. The predicted octanol–water partition coefficient (Wildman–Crippen LogP) is 3.15. The van der Waals surface area contributed by atoms with Crippen LogP contribution in [0.1, 0.15) is 37.7 Å². The molecule has 4 nitrogen and oxygen atoms in total. The van der Waals surface area contributed by atoms with Crippen molar-refractivity contribution in [2.24, 2.45) is 0 Å². The van der Waals surface area contributed by atoms with Crippen LogP contribution in [0.15, 0.2) is 18.2 Å². The first kappa shape index (κ1) is 16.6. The maximum absolute atomic E-state index is 5.53. The molecule has 0 spiro atoms.